The fraction of sp³-hybridized carbons (Fsp3) is 0.381. The van der Waals surface area contributed by atoms with E-state index in [-0.39, 0.29) is 35.5 Å². The summed E-state index contributed by atoms with van der Waals surface area (Å²) >= 11 is 0. The molecule has 0 fully saturated rings. The minimum absolute atomic E-state index is 0.0255. The number of aryl methyl sites for hydroxylation is 1. The molecule has 2 aromatic carbocycles. The van der Waals surface area contributed by atoms with E-state index in [4.69, 9.17) is 4.74 Å². The molecule has 1 unspecified atom stereocenters. The van der Waals surface area contributed by atoms with Crippen LogP contribution >= 0.6 is 0 Å². The van der Waals surface area contributed by atoms with Crippen molar-refractivity contribution in [3.05, 3.63) is 54.1 Å². The van der Waals surface area contributed by atoms with Gasteiger partial charge in [0.05, 0.1) is 9.79 Å². The van der Waals surface area contributed by atoms with Crippen LogP contribution in [0.2, 0.25) is 0 Å². The molecule has 0 aliphatic heterocycles. The zero-order chi connectivity index (χ0) is 23.8. The number of hydrogen-bond donors (Lipinski definition) is 3. The maximum atomic E-state index is 12.2. The molecule has 0 aliphatic carbocycles. The summed E-state index contributed by atoms with van der Waals surface area (Å²) in [7, 11) is -7.25. The van der Waals surface area contributed by atoms with Crippen LogP contribution in [0, 0.1) is 6.92 Å². The summed E-state index contributed by atoms with van der Waals surface area (Å²) < 4.78 is 59.2. The highest BCUT2D eigenvalue weighted by molar-refractivity contribution is 7.89. The average molecular weight is 484 g/mol. The summed E-state index contributed by atoms with van der Waals surface area (Å²) in [4.78, 5) is 12.2. The zero-order valence-corrected chi connectivity index (χ0v) is 19.9. The van der Waals surface area contributed by atoms with Gasteiger partial charge in [0.25, 0.3) is 5.91 Å². The zero-order valence-electron chi connectivity index (χ0n) is 18.3. The van der Waals surface area contributed by atoms with Crippen LogP contribution in [0.4, 0.5) is 0 Å². The van der Waals surface area contributed by atoms with Crippen LogP contribution in [-0.4, -0.2) is 48.5 Å². The van der Waals surface area contributed by atoms with Crippen molar-refractivity contribution >= 4 is 26.0 Å². The number of ether oxygens (including phenoxy) is 1. The largest absolute Gasteiger partial charge is 0.484 e. The lowest BCUT2D eigenvalue weighted by atomic mass is 10.2. The predicted molar refractivity (Wildman–Crippen MR) is 121 cm³/mol. The highest BCUT2D eigenvalue weighted by Gasteiger charge is 2.16. The van der Waals surface area contributed by atoms with Crippen LogP contribution < -0.4 is 19.5 Å². The third-order valence-corrected chi connectivity index (χ3v) is 7.63. The van der Waals surface area contributed by atoms with Gasteiger partial charge in [0.1, 0.15) is 5.75 Å². The van der Waals surface area contributed by atoms with Gasteiger partial charge in [-0.2, -0.15) is 0 Å². The Hall–Kier alpha value is -2.47. The van der Waals surface area contributed by atoms with Gasteiger partial charge in [-0.3, -0.25) is 4.79 Å². The van der Waals surface area contributed by atoms with Crippen molar-refractivity contribution in [2.75, 3.05) is 19.7 Å². The van der Waals surface area contributed by atoms with E-state index in [0.717, 1.165) is 5.56 Å². The second-order valence-electron chi connectivity index (χ2n) is 7.25. The molecule has 0 bridgehead atoms. The van der Waals surface area contributed by atoms with Gasteiger partial charge in [-0.15, -0.1) is 0 Å². The van der Waals surface area contributed by atoms with E-state index in [1.54, 1.807) is 19.1 Å². The Morgan fingerprint density at radius 3 is 2.06 bits per heavy atom. The fourth-order valence-electron chi connectivity index (χ4n) is 2.52. The maximum Gasteiger partial charge on any atom is 0.257 e. The summed E-state index contributed by atoms with van der Waals surface area (Å²) in [6.45, 7) is 5.35. The van der Waals surface area contributed by atoms with Crippen molar-refractivity contribution in [2.24, 2.45) is 0 Å². The minimum atomic E-state index is -3.64. The molecule has 0 aliphatic rings. The maximum absolute atomic E-state index is 12.2. The second-order valence-corrected chi connectivity index (χ2v) is 10.7. The summed E-state index contributed by atoms with van der Waals surface area (Å²) in [5.41, 5.74) is 0.954. The Bertz CT molecular complexity index is 1100. The van der Waals surface area contributed by atoms with Gasteiger partial charge in [0.15, 0.2) is 6.61 Å². The molecule has 0 aromatic heterocycles. The molecule has 11 heteroatoms. The number of nitrogens with one attached hydrogen (secondary N) is 3. The Kier molecular flexibility index (Phi) is 9.20. The van der Waals surface area contributed by atoms with Crippen molar-refractivity contribution in [1.29, 1.82) is 0 Å². The number of benzene rings is 2. The van der Waals surface area contributed by atoms with Gasteiger partial charge < -0.3 is 10.1 Å². The van der Waals surface area contributed by atoms with Crippen molar-refractivity contribution in [3.8, 4) is 5.75 Å². The first-order valence-corrected chi connectivity index (χ1v) is 13.1. The van der Waals surface area contributed by atoms with E-state index in [1.165, 1.54) is 36.4 Å². The molecule has 2 aromatic rings. The van der Waals surface area contributed by atoms with Crippen LogP contribution in [-0.2, 0) is 24.8 Å². The Balaban J connectivity index is 1.75. The molecule has 0 heterocycles. The van der Waals surface area contributed by atoms with Crippen LogP contribution in [0.15, 0.2) is 58.3 Å². The van der Waals surface area contributed by atoms with Gasteiger partial charge >= 0.3 is 0 Å². The lowest BCUT2D eigenvalue weighted by molar-refractivity contribution is -0.123. The van der Waals surface area contributed by atoms with Crippen molar-refractivity contribution < 1.29 is 26.4 Å². The van der Waals surface area contributed by atoms with E-state index < -0.39 is 26.0 Å². The summed E-state index contributed by atoms with van der Waals surface area (Å²) in [6, 6.07) is 12.0. The molecule has 176 valence electrons. The molecule has 0 radical (unpaired) electrons. The monoisotopic (exact) mass is 483 g/mol. The molecule has 1 atom stereocenters. The Morgan fingerprint density at radius 2 is 1.47 bits per heavy atom. The van der Waals surface area contributed by atoms with Crippen LogP contribution in [0.3, 0.4) is 0 Å². The second kappa shape index (κ2) is 11.4. The highest BCUT2D eigenvalue weighted by Crippen LogP contribution is 2.16. The molecular formula is C21H29N3O6S2. The van der Waals surface area contributed by atoms with Gasteiger partial charge in [-0.1, -0.05) is 24.6 Å². The normalized spacial score (nSPS) is 12.8. The smallest absolute Gasteiger partial charge is 0.257 e. The summed E-state index contributed by atoms with van der Waals surface area (Å²) in [5, 5.41) is 2.55. The number of carbonyl (C=O) groups excluding carboxylic acids is 1. The Labute approximate surface area is 189 Å². The van der Waals surface area contributed by atoms with Crippen molar-refractivity contribution in [3.63, 3.8) is 0 Å². The summed E-state index contributed by atoms with van der Waals surface area (Å²) in [6.07, 6.45) is 0.670. The molecule has 0 saturated carbocycles. The third kappa shape index (κ3) is 7.90. The van der Waals surface area contributed by atoms with Crippen LogP contribution in [0.25, 0.3) is 0 Å². The van der Waals surface area contributed by atoms with E-state index in [1.807, 2.05) is 13.8 Å². The summed E-state index contributed by atoms with van der Waals surface area (Å²) in [5.74, 6) is -0.0996. The van der Waals surface area contributed by atoms with Gasteiger partial charge in [0.2, 0.25) is 20.0 Å². The topological polar surface area (TPSA) is 131 Å². The van der Waals surface area contributed by atoms with E-state index in [2.05, 4.69) is 14.8 Å². The van der Waals surface area contributed by atoms with Gasteiger partial charge in [-0.25, -0.2) is 26.3 Å². The number of amides is 1. The highest BCUT2D eigenvalue weighted by atomic mass is 32.2. The van der Waals surface area contributed by atoms with Crippen molar-refractivity contribution in [2.45, 2.75) is 43.0 Å². The molecule has 1 amide bonds. The average Bonchev–Trinajstić information content (AvgIpc) is 2.75. The van der Waals surface area contributed by atoms with Gasteiger partial charge in [0, 0.05) is 19.1 Å². The number of hydrogen-bond acceptors (Lipinski definition) is 6. The molecule has 3 N–H and O–H groups in total. The molecule has 0 spiro atoms. The van der Waals surface area contributed by atoms with E-state index in [9.17, 15) is 21.6 Å². The number of carbonyl (C=O) groups is 1. The lowest BCUT2D eigenvalue weighted by Crippen LogP contribution is -2.36. The first kappa shape index (κ1) is 25.8. The van der Waals surface area contributed by atoms with E-state index in [0.29, 0.717) is 12.2 Å². The first-order chi connectivity index (χ1) is 15.0. The van der Waals surface area contributed by atoms with Crippen molar-refractivity contribution in [1.82, 2.24) is 14.8 Å². The van der Waals surface area contributed by atoms with Crippen LogP contribution in [0.1, 0.15) is 25.8 Å². The van der Waals surface area contributed by atoms with Gasteiger partial charge in [-0.05, 0) is 56.7 Å². The molecular weight excluding hydrogens is 454 g/mol. The lowest BCUT2D eigenvalue weighted by Gasteiger charge is -2.12. The molecule has 2 rings (SSSR count). The SMILES string of the molecule is CCC(C)NS(=O)(=O)c1ccc(OCC(=O)NCCNS(=O)(=O)c2ccc(C)cc2)cc1. The van der Waals surface area contributed by atoms with Crippen LogP contribution in [0.5, 0.6) is 5.75 Å². The number of rotatable bonds is 12. The standard InChI is InChI=1S/C21H29N3O6S2/c1-4-17(3)24-32(28,29)20-11-7-18(8-12-20)30-15-21(25)22-13-14-23-31(26,27)19-9-5-16(2)6-10-19/h5-12,17,23-24H,4,13-15H2,1-3H3,(H,22,25). The fourth-order valence-corrected chi connectivity index (χ4v) is 4.88. The number of sulfonamides is 2. The third-order valence-electron chi connectivity index (χ3n) is 4.54. The van der Waals surface area contributed by atoms with E-state index >= 15 is 0 Å². The first-order valence-electron chi connectivity index (χ1n) is 10.1. The predicted octanol–water partition coefficient (Wildman–Crippen LogP) is 1.55. The Morgan fingerprint density at radius 1 is 0.906 bits per heavy atom. The molecule has 9 nitrogen and oxygen atoms in total. The molecule has 32 heavy (non-hydrogen) atoms. The molecule has 0 saturated heterocycles. The quantitative estimate of drug-likeness (QED) is 0.393. The minimum Gasteiger partial charge on any atom is -0.484 e.